The summed E-state index contributed by atoms with van der Waals surface area (Å²) >= 11 is 0. The van der Waals surface area contributed by atoms with Crippen molar-refractivity contribution in [3.05, 3.63) is 11.6 Å². The summed E-state index contributed by atoms with van der Waals surface area (Å²) in [5.41, 5.74) is 6.11. The van der Waals surface area contributed by atoms with Crippen molar-refractivity contribution in [3.8, 4) is 0 Å². The van der Waals surface area contributed by atoms with Gasteiger partial charge in [0.05, 0.1) is 0 Å². The highest BCUT2D eigenvalue weighted by atomic mass is 15.5. The molecule has 0 unspecified atom stereocenters. The number of nitrogen functional groups attached to an aromatic ring is 1. The summed E-state index contributed by atoms with van der Waals surface area (Å²) in [7, 11) is 0. The molecule has 0 amide bonds. The predicted molar refractivity (Wildman–Crippen MR) is 42.5 cm³/mol. The van der Waals surface area contributed by atoms with Gasteiger partial charge in [0, 0.05) is 0 Å². The summed E-state index contributed by atoms with van der Waals surface area (Å²) in [6.45, 7) is 3.54. The summed E-state index contributed by atoms with van der Waals surface area (Å²) < 4.78 is 1.40. The topological polar surface area (TPSA) is 82.0 Å². The Kier molecular flexibility index (Phi) is 1.24. The second-order valence-corrected chi connectivity index (χ2v) is 2.52. The lowest BCUT2D eigenvalue weighted by atomic mass is 10.6. The summed E-state index contributed by atoms with van der Waals surface area (Å²) in [5, 5.41) is 8.02. The van der Waals surface area contributed by atoms with E-state index in [1.807, 2.05) is 0 Å². The molecule has 0 saturated carbocycles. The van der Waals surface area contributed by atoms with Crippen molar-refractivity contribution in [2.24, 2.45) is 0 Å². The van der Waals surface area contributed by atoms with E-state index in [4.69, 9.17) is 5.73 Å². The maximum atomic E-state index is 5.60. The van der Waals surface area contributed by atoms with Crippen LogP contribution < -0.4 is 5.73 Å². The van der Waals surface area contributed by atoms with Gasteiger partial charge < -0.3 is 5.73 Å². The van der Waals surface area contributed by atoms with Crippen LogP contribution in [0.25, 0.3) is 5.65 Å². The van der Waals surface area contributed by atoms with Crippen molar-refractivity contribution in [1.29, 1.82) is 0 Å². The number of anilines is 1. The number of hydrogen-bond donors (Lipinski definition) is 1. The average molecular weight is 164 g/mol. The van der Waals surface area contributed by atoms with Crippen molar-refractivity contribution >= 4 is 11.5 Å². The summed E-state index contributed by atoms with van der Waals surface area (Å²) in [6.07, 6.45) is 0. The van der Waals surface area contributed by atoms with E-state index in [1.54, 1.807) is 13.8 Å². The Morgan fingerprint density at radius 2 is 1.67 bits per heavy atom. The Balaban J connectivity index is 2.88. The molecular weight excluding hydrogens is 156 g/mol. The fourth-order valence-corrected chi connectivity index (χ4v) is 1.02. The van der Waals surface area contributed by atoms with Crippen LogP contribution in [-0.4, -0.2) is 24.8 Å². The van der Waals surface area contributed by atoms with Crippen LogP contribution in [0.5, 0.6) is 0 Å². The van der Waals surface area contributed by atoms with Crippen molar-refractivity contribution < 1.29 is 0 Å². The highest BCUT2D eigenvalue weighted by Gasteiger charge is 2.05. The first-order valence-electron chi connectivity index (χ1n) is 3.50. The molecular formula is C6H8N6. The first-order chi connectivity index (χ1) is 5.66. The SMILES string of the molecule is Cc1nc(N)c2nc(C)nn2n1. The first-order valence-corrected chi connectivity index (χ1v) is 3.50. The smallest absolute Gasteiger partial charge is 0.218 e. The number of nitrogens with zero attached hydrogens (tertiary/aromatic N) is 5. The molecule has 2 N–H and O–H groups in total. The van der Waals surface area contributed by atoms with Gasteiger partial charge in [-0.05, 0) is 13.8 Å². The second-order valence-electron chi connectivity index (χ2n) is 2.52. The molecule has 0 aliphatic rings. The molecule has 6 nitrogen and oxygen atoms in total. The molecule has 2 aromatic heterocycles. The highest BCUT2D eigenvalue weighted by molar-refractivity contribution is 5.57. The average Bonchev–Trinajstić information content (AvgIpc) is 2.29. The molecule has 0 atom stereocenters. The zero-order valence-corrected chi connectivity index (χ0v) is 6.81. The van der Waals surface area contributed by atoms with E-state index < -0.39 is 0 Å². The van der Waals surface area contributed by atoms with Gasteiger partial charge in [0.2, 0.25) is 5.65 Å². The van der Waals surface area contributed by atoms with Gasteiger partial charge in [0.25, 0.3) is 0 Å². The van der Waals surface area contributed by atoms with E-state index in [0.717, 1.165) is 0 Å². The number of nitrogens with two attached hydrogens (primary N) is 1. The lowest BCUT2D eigenvalue weighted by Gasteiger charge is -1.94. The Labute approximate surface area is 68.4 Å². The minimum absolute atomic E-state index is 0.364. The highest BCUT2D eigenvalue weighted by Crippen LogP contribution is 2.05. The van der Waals surface area contributed by atoms with E-state index >= 15 is 0 Å². The molecule has 62 valence electrons. The molecule has 0 aromatic carbocycles. The fourth-order valence-electron chi connectivity index (χ4n) is 1.02. The van der Waals surface area contributed by atoms with E-state index in [2.05, 4.69) is 20.2 Å². The van der Waals surface area contributed by atoms with Gasteiger partial charge in [0.15, 0.2) is 11.6 Å². The lowest BCUT2D eigenvalue weighted by Crippen LogP contribution is -2.04. The number of rotatable bonds is 0. The Hall–Kier alpha value is -1.72. The molecule has 2 rings (SSSR count). The van der Waals surface area contributed by atoms with Gasteiger partial charge in [-0.15, -0.1) is 14.8 Å². The Bertz CT molecular complexity index is 431. The van der Waals surface area contributed by atoms with Crippen molar-refractivity contribution in [1.82, 2.24) is 24.8 Å². The van der Waals surface area contributed by atoms with Gasteiger partial charge in [0.1, 0.15) is 5.82 Å². The normalized spacial score (nSPS) is 10.8. The monoisotopic (exact) mass is 164 g/mol. The third-order valence-electron chi connectivity index (χ3n) is 1.45. The van der Waals surface area contributed by atoms with Crippen LogP contribution in [0.4, 0.5) is 5.82 Å². The maximum absolute atomic E-state index is 5.60. The zero-order valence-electron chi connectivity index (χ0n) is 6.81. The number of hydrogen-bond acceptors (Lipinski definition) is 5. The molecule has 0 radical (unpaired) electrons. The molecule has 12 heavy (non-hydrogen) atoms. The quantitative estimate of drug-likeness (QED) is 0.579. The molecule has 0 spiro atoms. The van der Waals surface area contributed by atoms with Crippen LogP contribution >= 0.6 is 0 Å². The first kappa shape index (κ1) is 6.96. The van der Waals surface area contributed by atoms with Gasteiger partial charge in [-0.1, -0.05) is 0 Å². The Morgan fingerprint density at radius 3 is 2.33 bits per heavy atom. The van der Waals surface area contributed by atoms with E-state index in [-0.39, 0.29) is 0 Å². The molecule has 2 heterocycles. The van der Waals surface area contributed by atoms with Gasteiger partial charge in [-0.3, -0.25) is 0 Å². The van der Waals surface area contributed by atoms with Crippen LogP contribution in [0.3, 0.4) is 0 Å². The van der Waals surface area contributed by atoms with Crippen LogP contribution in [0.2, 0.25) is 0 Å². The van der Waals surface area contributed by atoms with Crippen molar-refractivity contribution in [2.45, 2.75) is 13.8 Å². The van der Waals surface area contributed by atoms with Gasteiger partial charge in [-0.2, -0.15) is 0 Å². The standard InChI is InChI=1S/C6H8N6/c1-3-8-5(7)6-9-4(2)11-12(6)10-3/h1-2H3,(H2,7,8,10). The zero-order chi connectivity index (χ0) is 8.72. The molecule has 0 aliphatic heterocycles. The minimum atomic E-state index is 0.364. The van der Waals surface area contributed by atoms with Gasteiger partial charge >= 0.3 is 0 Å². The number of aryl methyl sites for hydroxylation is 2. The number of aromatic nitrogens is 5. The predicted octanol–water partition coefficient (Wildman–Crippen LogP) is -0.282. The largest absolute Gasteiger partial charge is 0.380 e. The van der Waals surface area contributed by atoms with Crippen molar-refractivity contribution in [3.63, 3.8) is 0 Å². The molecule has 6 heteroatoms. The van der Waals surface area contributed by atoms with Gasteiger partial charge in [-0.25, -0.2) is 9.97 Å². The second kappa shape index (κ2) is 2.13. The minimum Gasteiger partial charge on any atom is -0.380 e. The molecule has 0 saturated heterocycles. The van der Waals surface area contributed by atoms with Crippen LogP contribution in [0.1, 0.15) is 11.6 Å². The van der Waals surface area contributed by atoms with E-state index in [0.29, 0.717) is 23.1 Å². The van der Waals surface area contributed by atoms with E-state index in [9.17, 15) is 0 Å². The van der Waals surface area contributed by atoms with Crippen LogP contribution in [0.15, 0.2) is 0 Å². The number of fused-ring (bicyclic) bond motifs is 1. The summed E-state index contributed by atoms with van der Waals surface area (Å²) in [6, 6.07) is 0. The van der Waals surface area contributed by atoms with Crippen molar-refractivity contribution in [2.75, 3.05) is 5.73 Å². The summed E-state index contributed by atoms with van der Waals surface area (Å²) in [5.74, 6) is 1.59. The third kappa shape index (κ3) is 0.884. The third-order valence-corrected chi connectivity index (χ3v) is 1.45. The lowest BCUT2D eigenvalue weighted by molar-refractivity contribution is 0.750. The summed E-state index contributed by atoms with van der Waals surface area (Å²) in [4.78, 5) is 8.01. The van der Waals surface area contributed by atoms with Crippen LogP contribution in [-0.2, 0) is 0 Å². The van der Waals surface area contributed by atoms with Crippen LogP contribution in [0, 0.1) is 13.8 Å². The Morgan fingerprint density at radius 1 is 1.08 bits per heavy atom. The maximum Gasteiger partial charge on any atom is 0.218 e. The molecule has 0 fully saturated rings. The molecule has 0 bridgehead atoms. The molecule has 2 aromatic rings. The molecule has 0 aliphatic carbocycles. The fraction of sp³-hybridized carbons (Fsp3) is 0.333. The van der Waals surface area contributed by atoms with E-state index in [1.165, 1.54) is 4.63 Å².